The van der Waals surface area contributed by atoms with E-state index in [4.69, 9.17) is 10.9 Å². The normalized spacial score (nSPS) is 13.8. The van der Waals surface area contributed by atoms with Gasteiger partial charge in [0.25, 0.3) is 0 Å². The summed E-state index contributed by atoms with van der Waals surface area (Å²) in [6, 6.07) is -0.357. The third-order valence-electron chi connectivity index (χ3n) is 1.69. The van der Waals surface area contributed by atoms with Gasteiger partial charge in [-0.05, 0) is 12.8 Å². The first kappa shape index (κ1) is 11.7. The summed E-state index contributed by atoms with van der Waals surface area (Å²) >= 11 is 0. The predicted molar refractivity (Wildman–Crippen MR) is 50.5 cm³/mol. The van der Waals surface area contributed by atoms with Crippen LogP contribution >= 0.6 is 0 Å². The number of amidine groups is 1. The van der Waals surface area contributed by atoms with Crippen LogP contribution in [0.3, 0.4) is 0 Å². The molecule has 0 aliphatic carbocycles. The van der Waals surface area contributed by atoms with Gasteiger partial charge in [-0.25, -0.2) is 0 Å². The lowest BCUT2D eigenvalue weighted by Crippen LogP contribution is -2.44. The van der Waals surface area contributed by atoms with Crippen molar-refractivity contribution in [2.45, 2.75) is 39.2 Å². The van der Waals surface area contributed by atoms with Crippen LogP contribution in [-0.4, -0.2) is 23.0 Å². The molecule has 0 aromatic carbocycles. The Morgan fingerprint density at radius 1 is 1.62 bits per heavy atom. The molecule has 0 aliphatic rings. The van der Waals surface area contributed by atoms with Crippen LogP contribution in [0, 0.1) is 0 Å². The Hall–Kier alpha value is -1.26. The number of nitrogens with two attached hydrogens (primary N) is 1. The number of rotatable bonds is 5. The minimum Gasteiger partial charge on any atom is -0.409 e. The van der Waals surface area contributed by atoms with Crippen LogP contribution in [0.2, 0.25) is 0 Å². The van der Waals surface area contributed by atoms with E-state index in [-0.39, 0.29) is 17.8 Å². The lowest BCUT2D eigenvalue weighted by Gasteiger charge is -2.14. The second kappa shape index (κ2) is 6.28. The summed E-state index contributed by atoms with van der Waals surface area (Å²) in [7, 11) is 0. The van der Waals surface area contributed by atoms with Gasteiger partial charge in [0.15, 0.2) is 5.84 Å². The number of carbonyl (C=O) groups excluding carboxylic acids is 1. The molecule has 0 heterocycles. The summed E-state index contributed by atoms with van der Waals surface area (Å²) in [5, 5.41) is 13.9. The molecule has 1 amide bonds. The molecule has 0 aromatic rings. The van der Waals surface area contributed by atoms with Crippen molar-refractivity contribution in [1.29, 1.82) is 0 Å². The number of amides is 1. The van der Waals surface area contributed by atoms with E-state index in [0.717, 1.165) is 6.42 Å². The van der Waals surface area contributed by atoms with Gasteiger partial charge < -0.3 is 16.3 Å². The van der Waals surface area contributed by atoms with Crippen LogP contribution in [0.15, 0.2) is 5.16 Å². The van der Waals surface area contributed by atoms with Crippen molar-refractivity contribution in [3.05, 3.63) is 0 Å². The van der Waals surface area contributed by atoms with Crippen molar-refractivity contribution in [3.63, 3.8) is 0 Å². The number of oxime groups is 1. The van der Waals surface area contributed by atoms with Crippen molar-refractivity contribution in [1.82, 2.24) is 5.32 Å². The van der Waals surface area contributed by atoms with Crippen LogP contribution in [0.1, 0.15) is 33.1 Å². The molecular weight excluding hydrogens is 170 g/mol. The molecule has 1 unspecified atom stereocenters. The van der Waals surface area contributed by atoms with E-state index in [1.807, 2.05) is 13.8 Å². The monoisotopic (exact) mass is 187 g/mol. The average Bonchev–Trinajstić information content (AvgIpc) is 2.13. The maximum absolute atomic E-state index is 11.1. The van der Waals surface area contributed by atoms with E-state index in [0.29, 0.717) is 12.8 Å². The summed E-state index contributed by atoms with van der Waals surface area (Å²) in [6.45, 7) is 3.78. The summed E-state index contributed by atoms with van der Waals surface area (Å²) < 4.78 is 0. The molecule has 1 atom stereocenters. The van der Waals surface area contributed by atoms with E-state index in [1.165, 1.54) is 0 Å². The first-order valence-electron chi connectivity index (χ1n) is 4.42. The number of nitrogens with zero attached hydrogens (tertiary/aromatic N) is 1. The van der Waals surface area contributed by atoms with Gasteiger partial charge in [0, 0.05) is 6.42 Å². The van der Waals surface area contributed by atoms with Crippen molar-refractivity contribution < 1.29 is 10.0 Å². The zero-order chi connectivity index (χ0) is 10.3. The van der Waals surface area contributed by atoms with Gasteiger partial charge in [-0.1, -0.05) is 19.0 Å². The maximum Gasteiger partial charge on any atom is 0.220 e. The number of hydrogen-bond acceptors (Lipinski definition) is 3. The van der Waals surface area contributed by atoms with Gasteiger partial charge >= 0.3 is 0 Å². The minimum atomic E-state index is -0.357. The predicted octanol–water partition coefficient (Wildman–Crippen LogP) is 0.428. The molecule has 5 nitrogen and oxygen atoms in total. The van der Waals surface area contributed by atoms with E-state index in [9.17, 15) is 4.79 Å². The Balaban J connectivity index is 4.05. The van der Waals surface area contributed by atoms with Crippen LogP contribution in [0.25, 0.3) is 0 Å². The van der Waals surface area contributed by atoms with Crippen molar-refractivity contribution in [2.75, 3.05) is 0 Å². The van der Waals surface area contributed by atoms with E-state index in [1.54, 1.807) is 0 Å². The van der Waals surface area contributed by atoms with Crippen LogP contribution in [0.4, 0.5) is 0 Å². The molecule has 76 valence electrons. The molecule has 0 fully saturated rings. The molecule has 0 bridgehead atoms. The molecule has 0 rings (SSSR count). The van der Waals surface area contributed by atoms with Gasteiger partial charge in [-0.15, -0.1) is 0 Å². The Kier molecular flexibility index (Phi) is 5.67. The first-order valence-corrected chi connectivity index (χ1v) is 4.42. The molecule has 0 saturated carbocycles. The summed E-state index contributed by atoms with van der Waals surface area (Å²) in [4.78, 5) is 11.1. The third kappa shape index (κ3) is 4.35. The highest BCUT2D eigenvalue weighted by atomic mass is 16.4. The van der Waals surface area contributed by atoms with E-state index in [2.05, 4.69) is 10.5 Å². The fourth-order valence-corrected chi connectivity index (χ4v) is 0.948. The van der Waals surface area contributed by atoms with Crippen LogP contribution in [-0.2, 0) is 4.79 Å². The molecule has 0 saturated heterocycles. The SMILES string of the molecule is CCCC(=O)NC(CC)/C(N)=N/O. The van der Waals surface area contributed by atoms with Crippen molar-refractivity contribution in [2.24, 2.45) is 10.9 Å². The fourth-order valence-electron chi connectivity index (χ4n) is 0.948. The van der Waals surface area contributed by atoms with Gasteiger partial charge in [-0.2, -0.15) is 0 Å². The summed E-state index contributed by atoms with van der Waals surface area (Å²) in [5.41, 5.74) is 5.36. The summed E-state index contributed by atoms with van der Waals surface area (Å²) in [6.07, 6.45) is 1.87. The number of carbonyl (C=O) groups is 1. The Morgan fingerprint density at radius 3 is 2.62 bits per heavy atom. The van der Waals surface area contributed by atoms with Gasteiger partial charge in [-0.3, -0.25) is 4.79 Å². The van der Waals surface area contributed by atoms with E-state index >= 15 is 0 Å². The third-order valence-corrected chi connectivity index (χ3v) is 1.69. The molecule has 0 aliphatic heterocycles. The van der Waals surface area contributed by atoms with Gasteiger partial charge in [0.05, 0.1) is 6.04 Å². The van der Waals surface area contributed by atoms with E-state index < -0.39 is 0 Å². The summed E-state index contributed by atoms with van der Waals surface area (Å²) in [5.74, 6) is -0.0205. The van der Waals surface area contributed by atoms with Crippen molar-refractivity contribution in [3.8, 4) is 0 Å². The standard InChI is InChI=1S/C8H17N3O2/c1-3-5-7(12)10-6(4-2)8(9)11-13/h6,13H,3-5H2,1-2H3,(H2,9,11)(H,10,12). The molecule has 4 N–H and O–H groups in total. The molecule has 0 aromatic heterocycles. The smallest absolute Gasteiger partial charge is 0.220 e. The van der Waals surface area contributed by atoms with Crippen LogP contribution < -0.4 is 11.1 Å². The highest BCUT2D eigenvalue weighted by Crippen LogP contribution is 1.94. The van der Waals surface area contributed by atoms with Gasteiger partial charge in [0.1, 0.15) is 0 Å². The lowest BCUT2D eigenvalue weighted by atomic mass is 10.2. The Labute approximate surface area is 78.0 Å². The quantitative estimate of drug-likeness (QED) is 0.252. The number of nitrogens with one attached hydrogen (secondary N) is 1. The fraction of sp³-hybridized carbons (Fsp3) is 0.750. The minimum absolute atomic E-state index is 0.0481. The average molecular weight is 187 g/mol. The van der Waals surface area contributed by atoms with Crippen molar-refractivity contribution >= 4 is 11.7 Å². The first-order chi connectivity index (χ1) is 6.15. The zero-order valence-electron chi connectivity index (χ0n) is 8.08. The van der Waals surface area contributed by atoms with Gasteiger partial charge in [0.2, 0.25) is 5.91 Å². The molecule has 0 spiro atoms. The Bertz CT molecular complexity index is 192. The highest BCUT2D eigenvalue weighted by molar-refractivity contribution is 5.89. The Morgan fingerprint density at radius 2 is 2.23 bits per heavy atom. The molecule has 13 heavy (non-hydrogen) atoms. The largest absolute Gasteiger partial charge is 0.409 e. The number of hydrogen-bond donors (Lipinski definition) is 3. The maximum atomic E-state index is 11.1. The zero-order valence-corrected chi connectivity index (χ0v) is 8.08. The topological polar surface area (TPSA) is 87.7 Å². The second-order valence-corrected chi connectivity index (χ2v) is 2.80. The molecular formula is C8H17N3O2. The highest BCUT2D eigenvalue weighted by Gasteiger charge is 2.13. The lowest BCUT2D eigenvalue weighted by molar-refractivity contribution is -0.121. The molecule has 0 radical (unpaired) electrons. The molecule has 5 heteroatoms. The van der Waals surface area contributed by atoms with Crippen LogP contribution in [0.5, 0.6) is 0 Å². The second-order valence-electron chi connectivity index (χ2n) is 2.80.